The maximum absolute atomic E-state index is 13.8. The number of ether oxygens (including phenoxy) is 12. The number of ketones is 1. The SMILES string of the molecule is CC(=O)CO[C@]1(COC(C)=O)[C@H]2[C@H](O[C@@H]3O[C@H](COC(C)=O)[C@@H](OC(C)=O)[C@H](OC(C)=O)[C@H]3OC(C)=O)OC=C[C@H]2[C@H](OC(=O)c2ccc(OC(C)=O)cc2)[C@H]1OC(C)=O. The van der Waals surface area contributed by atoms with Gasteiger partial charge in [0.25, 0.3) is 0 Å². The van der Waals surface area contributed by atoms with Crippen molar-refractivity contribution in [2.75, 3.05) is 19.8 Å². The van der Waals surface area contributed by atoms with Crippen LogP contribution in [0, 0.1) is 11.8 Å². The van der Waals surface area contributed by atoms with Crippen LogP contribution in [0.1, 0.15) is 65.7 Å². The van der Waals surface area contributed by atoms with Gasteiger partial charge in [0.1, 0.15) is 37.8 Å². The maximum atomic E-state index is 13.8. The molecule has 1 aromatic carbocycles. The van der Waals surface area contributed by atoms with E-state index in [0.29, 0.717) is 0 Å². The van der Waals surface area contributed by atoms with Crippen LogP contribution < -0.4 is 4.74 Å². The van der Waals surface area contributed by atoms with Crippen molar-refractivity contribution in [3.63, 3.8) is 0 Å². The van der Waals surface area contributed by atoms with E-state index in [1.165, 1.54) is 44.2 Å². The van der Waals surface area contributed by atoms with E-state index in [1.807, 2.05) is 0 Å². The predicted octanol–water partition coefficient (Wildman–Crippen LogP) is 1.19. The lowest BCUT2D eigenvalue weighted by molar-refractivity contribution is -0.351. The minimum Gasteiger partial charge on any atom is -0.472 e. The molecule has 2 aliphatic heterocycles. The second-order valence-corrected chi connectivity index (χ2v) is 13.9. The summed E-state index contributed by atoms with van der Waals surface area (Å²) < 4.78 is 68.7. The molecule has 2 heterocycles. The van der Waals surface area contributed by atoms with Crippen LogP contribution in [0.15, 0.2) is 36.6 Å². The predicted molar refractivity (Wildman–Crippen MR) is 193 cm³/mol. The first-order valence-corrected chi connectivity index (χ1v) is 18.4. The van der Waals surface area contributed by atoms with E-state index in [-0.39, 0.29) is 11.3 Å². The third-order valence-corrected chi connectivity index (χ3v) is 9.09. The van der Waals surface area contributed by atoms with Crippen LogP contribution in [0.2, 0.25) is 0 Å². The van der Waals surface area contributed by atoms with Crippen molar-refractivity contribution in [2.45, 2.75) is 110 Å². The fourth-order valence-corrected chi connectivity index (χ4v) is 7.04. The quantitative estimate of drug-likeness (QED) is 0.128. The summed E-state index contributed by atoms with van der Waals surface area (Å²) in [6, 6.07) is 5.29. The van der Waals surface area contributed by atoms with E-state index in [9.17, 15) is 43.2 Å². The average molecular weight is 851 g/mol. The van der Waals surface area contributed by atoms with Gasteiger partial charge in [-0.25, -0.2) is 4.79 Å². The van der Waals surface area contributed by atoms with Gasteiger partial charge in [-0.05, 0) is 37.3 Å². The Bertz CT molecular complexity index is 1820. The molecule has 1 aliphatic carbocycles. The van der Waals surface area contributed by atoms with Crippen molar-refractivity contribution in [1.82, 2.24) is 0 Å². The van der Waals surface area contributed by atoms with Gasteiger partial charge in [-0.2, -0.15) is 0 Å². The molecule has 60 heavy (non-hydrogen) atoms. The monoisotopic (exact) mass is 850 g/mol. The second kappa shape index (κ2) is 20.4. The number of carbonyl (C=O) groups is 9. The summed E-state index contributed by atoms with van der Waals surface area (Å²) in [5.41, 5.74) is -2.17. The first-order chi connectivity index (χ1) is 28.2. The Morgan fingerprint density at radius 1 is 0.617 bits per heavy atom. The Morgan fingerprint density at radius 2 is 1.20 bits per heavy atom. The van der Waals surface area contributed by atoms with E-state index in [1.54, 1.807) is 0 Å². The second-order valence-electron chi connectivity index (χ2n) is 13.9. The molecule has 3 aliphatic rings. The van der Waals surface area contributed by atoms with E-state index in [4.69, 9.17) is 56.8 Å². The topological polar surface area (TPSA) is 264 Å². The third-order valence-electron chi connectivity index (χ3n) is 9.09. The zero-order valence-corrected chi connectivity index (χ0v) is 33.9. The van der Waals surface area contributed by atoms with Gasteiger partial charge in [-0.1, -0.05) is 0 Å². The molecule has 1 saturated carbocycles. The molecule has 1 saturated heterocycles. The van der Waals surface area contributed by atoms with Crippen LogP contribution in [0.3, 0.4) is 0 Å². The normalized spacial score (nSPS) is 29.0. The van der Waals surface area contributed by atoms with Crippen molar-refractivity contribution in [3.8, 4) is 5.75 Å². The standard InChI is InChI=1S/C39H46O21/c1-18(40)15-52-39(17-51-20(3)42)30-28(31(35(39)57-25(8)47)59-36(48)26-9-11-27(12-10-26)53-21(4)43)13-14-49-37(30)60-38-34(56-24(7)46)33(55-23(6)45)32(54-22(5)44)29(58-38)16-50-19(2)41/h9-14,28-35,37-38H,15-17H2,1-8H3/t28-,29-,30-,31+,32-,33+,34-,35-,37+,38+,39-/m1/s1. The molecule has 0 amide bonds. The van der Waals surface area contributed by atoms with Crippen molar-refractivity contribution in [2.24, 2.45) is 11.8 Å². The van der Waals surface area contributed by atoms with Crippen LogP contribution in [0.4, 0.5) is 0 Å². The molecule has 0 bridgehead atoms. The molecule has 4 rings (SSSR count). The van der Waals surface area contributed by atoms with Crippen LogP contribution in [0.5, 0.6) is 5.75 Å². The highest BCUT2D eigenvalue weighted by Gasteiger charge is 2.69. The molecule has 0 unspecified atom stereocenters. The zero-order chi connectivity index (χ0) is 44.5. The number of esters is 8. The summed E-state index contributed by atoms with van der Waals surface area (Å²) in [4.78, 5) is 112. The zero-order valence-electron chi connectivity index (χ0n) is 33.9. The summed E-state index contributed by atoms with van der Waals surface area (Å²) in [5.74, 6) is -9.71. The number of rotatable bonds is 16. The van der Waals surface area contributed by atoms with E-state index < -0.39 is 140 Å². The molecule has 21 heteroatoms. The van der Waals surface area contributed by atoms with Crippen LogP contribution in [-0.2, 0) is 90.5 Å². The Labute approximate surface area is 343 Å². The Morgan fingerprint density at radius 3 is 1.75 bits per heavy atom. The van der Waals surface area contributed by atoms with Gasteiger partial charge in [0.2, 0.25) is 12.6 Å². The highest BCUT2D eigenvalue weighted by atomic mass is 16.8. The van der Waals surface area contributed by atoms with Crippen molar-refractivity contribution in [3.05, 3.63) is 42.2 Å². The molecule has 11 atom stereocenters. The number of hydrogen-bond donors (Lipinski definition) is 0. The van der Waals surface area contributed by atoms with Gasteiger partial charge in [0.05, 0.1) is 17.7 Å². The van der Waals surface area contributed by atoms with Gasteiger partial charge < -0.3 is 56.8 Å². The first kappa shape index (κ1) is 46.8. The van der Waals surface area contributed by atoms with Gasteiger partial charge in [0.15, 0.2) is 35.8 Å². The molecular formula is C39H46O21. The van der Waals surface area contributed by atoms with Gasteiger partial charge >= 0.3 is 47.8 Å². The highest BCUT2D eigenvalue weighted by Crippen LogP contribution is 2.52. The summed E-state index contributed by atoms with van der Waals surface area (Å²) in [6.45, 7) is 6.67. The van der Waals surface area contributed by atoms with E-state index in [0.717, 1.165) is 47.8 Å². The number of benzene rings is 1. The smallest absolute Gasteiger partial charge is 0.338 e. The summed E-state index contributed by atoms with van der Waals surface area (Å²) in [7, 11) is 0. The Hall–Kier alpha value is -5.93. The number of fused-ring (bicyclic) bond motifs is 1. The molecule has 0 spiro atoms. The maximum Gasteiger partial charge on any atom is 0.338 e. The molecule has 21 nitrogen and oxygen atoms in total. The van der Waals surface area contributed by atoms with Gasteiger partial charge in [-0.15, -0.1) is 0 Å². The van der Waals surface area contributed by atoms with Crippen LogP contribution >= 0.6 is 0 Å². The third kappa shape index (κ3) is 11.8. The summed E-state index contributed by atoms with van der Waals surface area (Å²) in [6.07, 6.45) is -10.5. The lowest BCUT2D eigenvalue weighted by atomic mass is 9.83. The van der Waals surface area contributed by atoms with Crippen molar-refractivity contribution < 1.29 is 100.0 Å². The molecule has 0 radical (unpaired) electrons. The molecule has 0 N–H and O–H groups in total. The number of carbonyl (C=O) groups excluding carboxylic acids is 9. The number of Topliss-reactive ketones (excluding diaryl/α,β-unsaturated/α-hetero) is 1. The van der Waals surface area contributed by atoms with E-state index >= 15 is 0 Å². The lowest BCUT2D eigenvalue weighted by Gasteiger charge is -2.47. The Kier molecular flexibility index (Phi) is 15.9. The van der Waals surface area contributed by atoms with Gasteiger partial charge in [-0.3, -0.25) is 38.4 Å². The summed E-state index contributed by atoms with van der Waals surface area (Å²) >= 11 is 0. The van der Waals surface area contributed by atoms with Crippen LogP contribution in [-0.4, -0.2) is 128 Å². The first-order valence-electron chi connectivity index (χ1n) is 18.4. The van der Waals surface area contributed by atoms with Gasteiger partial charge in [0, 0.05) is 54.4 Å². The average Bonchev–Trinajstić information content (AvgIpc) is 3.39. The molecule has 0 aromatic heterocycles. The minimum absolute atomic E-state index is 0.0347. The fourth-order valence-electron chi connectivity index (χ4n) is 7.04. The largest absolute Gasteiger partial charge is 0.472 e. The molecule has 1 aromatic rings. The Balaban J connectivity index is 1.87. The molecular weight excluding hydrogens is 804 g/mol. The van der Waals surface area contributed by atoms with Crippen molar-refractivity contribution >= 4 is 53.5 Å². The van der Waals surface area contributed by atoms with Crippen molar-refractivity contribution in [1.29, 1.82) is 0 Å². The highest BCUT2D eigenvalue weighted by molar-refractivity contribution is 5.90. The van der Waals surface area contributed by atoms with E-state index in [2.05, 4.69) is 0 Å². The summed E-state index contributed by atoms with van der Waals surface area (Å²) in [5, 5.41) is 0. The molecule has 328 valence electrons. The number of hydrogen-bond acceptors (Lipinski definition) is 21. The minimum atomic E-state index is -2.13. The fraction of sp³-hybridized carbons (Fsp3) is 0.564. The lowest BCUT2D eigenvalue weighted by Crippen LogP contribution is -2.64. The molecule has 2 fully saturated rings. The van der Waals surface area contributed by atoms with Crippen LogP contribution in [0.25, 0.3) is 0 Å².